The quantitative estimate of drug-likeness (QED) is 0.797. The minimum atomic E-state index is 0.501. The van der Waals surface area contributed by atoms with E-state index < -0.39 is 0 Å². The van der Waals surface area contributed by atoms with E-state index in [1.807, 2.05) is 0 Å². The van der Waals surface area contributed by atoms with E-state index in [1.165, 1.54) is 32.1 Å². The number of hydrogen-bond donors (Lipinski definition) is 1. The number of nitrogens with one attached hydrogen (secondary N) is 1. The number of hydrogen-bond acceptors (Lipinski definition) is 2. The molecule has 0 spiro atoms. The predicted octanol–water partition coefficient (Wildman–Crippen LogP) is 3.11. The van der Waals surface area contributed by atoms with Gasteiger partial charge in [0.15, 0.2) is 0 Å². The highest BCUT2D eigenvalue weighted by atomic mass is 16.5. The fourth-order valence-corrected chi connectivity index (χ4v) is 3.23. The molecule has 2 nitrogen and oxygen atoms in total. The van der Waals surface area contributed by atoms with Crippen molar-refractivity contribution in [1.29, 1.82) is 0 Å². The van der Waals surface area contributed by atoms with Crippen molar-refractivity contribution in [2.24, 2.45) is 5.41 Å². The molecule has 1 saturated carbocycles. The lowest BCUT2D eigenvalue weighted by Gasteiger charge is -2.32. The molecule has 0 aromatic carbocycles. The normalized spacial score (nSPS) is 38.8. The number of rotatable bonds is 3. The third-order valence-corrected chi connectivity index (χ3v) is 4.26. The van der Waals surface area contributed by atoms with Crippen LogP contribution in [0.1, 0.15) is 59.3 Å². The third-order valence-electron chi connectivity index (χ3n) is 4.26. The van der Waals surface area contributed by atoms with Gasteiger partial charge in [0.05, 0.1) is 6.10 Å². The van der Waals surface area contributed by atoms with Crippen LogP contribution >= 0.6 is 0 Å². The van der Waals surface area contributed by atoms with E-state index in [4.69, 9.17) is 4.74 Å². The summed E-state index contributed by atoms with van der Waals surface area (Å²) >= 11 is 0. The maximum absolute atomic E-state index is 5.72. The van der Waals surface area contributed by atoms with Crippen LogP contribution in [0.3, 0.4) is 0 Å². The van der Waals surface area contributed by atoms with Gasteiger partial charge >= 0.3 is 0 Å². The van der Waals surface area contributed by atoms with Crippen molar-refractivity contribution >= 4 is 0 Å². The Labute approximate surface area is 100 Å². The highest BCUT2D eigenvalue weighted by molar-refractivity contribution is 4.89. The summed E-state index contributed by atoms with van der Waals surface area (Å²) in [6.45, 7) is 7.97. The lowest BCUT2D eigenvalue weighted by atomic mass is 9.91. The van der Waals surface area contributed by atoms with E-state index in [2.05, 4.69) is 26.1 Å². The molecule has 3 unspecified atom stereocenters. The minimum absolute atomic E-state index is 0.501. The van der Waals surface area contributed by atoms with Crippen molar-refractivity contribution in [1.82, 2.24) is 5.32 Å². The Bertz CT molecular complexity index is 227. The van der Waals surface area contributed by atoms with Crippen LogP contribution in [0.4, 0.5) is 0 Å². The molecule has 3 atom stereocenters. The van der Waals surface area contributed by atoms with E-state index >= 15 is 0 Å². The Morgan fingerprint density at radius 1 is 1.25 bits per heavy atom. The molecular weight excluding hydrogens is 198 g/mol. The molecule has 0 bridgehead atoms. The van der Waals surface area contributed by atoms with Gasteiger partial charge in [0.1, 0.15) is 0 Å². The molecule has 2 rings (SSSR count). The first kappa shape index (κ1) is 12.4. The molecule has 1 N–H and O–H groups in total. The fraction of sp³-hybridized carbons (Fsp3) is 1.00. The summed E-state index contributed by atoms with van der Waals surface area (Å²) < 4.78 is 5.72. The monoisotopic (exact) mass is 225 g/mol. The molecule has 16 heavy (non-hydrogen) atoms. The Kier molecular flexibility index (Phi) is 3.91. The molecule has 1 aliphatic carbocycles. The van der Waals surface area contributed by atoms with Crippen LogP contribution in [0.15, 0.2) is 0 Å². The van der Waals surface area contributed by atoms with Gasteiger partial charge in [-0.15, -0.1) is 0 Å². The lowest BCUT2D eigenvalue weighted by Crippen LogP contribution is -2.43. The van der Waals surface area contributed by atoms with Gasteiger partial charge in [0.2, 0.25) is 0 Å². The molecule has 2 heteroatoms. The highest BCUT2D eigenvalue weighted by Crippen LogP contribution is 2.37. The van der Waals surface area contributed by atoms with Gasteiger partial charge in [-0.2, -0.15) is 0 Å². The molecule has 1 heterocycles. The molecule has 0 amide bonds. The number of ether oxygens (including phenoxy) is 1. The molecular formula is C14H27NO. The first-order chi connectivity index (χ1) is 7.59. The van der Waals surface area contributed by atoms with E-state index in [0.717, 1.165) is 19.1 Å². The average molecular weight is 225 g/mol. The summed E-state index contributed by atoms with van der Waals surface area (Å²) in [5.74, 6) is 0. The fourth-order valence-electron chi connectivity index (χ4n) is 3.23. The lowest BCUT2D eigenvalue weighted by molar-refractivity contribution is -0.00197. The van der Waals surface area contributed by atoms with Crippen molar-refractivity contribution in [3.05, 3.63) is 0 Å². The second-order valence-electron chi connectivity index (χ2n) is 6.39. The van der Waals surface area contributed by atoms with Crippen LogP contribution in [0.5, 0.6) is 0 Å². The molecule has 2 fully saturated rings. The minimum Gasteiger partial charge on any atom is -0.378 e. The van der Waals surface area contributed by atoms with Crippen LogP contribution in [-0.2, 0) is 4.74 Å². The van der Waals surface area contributed by atoms with Gasteiger partial charge in [0, 0.05) is 18.7 Å². The van der Waals surface area contributed by atoms with Crippen LogP contribution in [-0.4, -0.2) is 24.8 Å². The molecule has 1 saturated heterocycles. The van der Waals surface area contributed by atoms with Crippen molar-refractivity contribution in [3.8, 4) is 0 Å². The van der Waals surface area contributed by atoms with E-state index in [1.54, 1.807) is 0 Å². The largest absolute Gasteiger partial charge is 0.378 e. The summed E-state index contributed by atoms with van der Waals surface area (Å²) in [7, 11) is 0. The van der Waals surface area contributed by atoms with E-state index in [-0.39, 0.29) is 0 Å². The Balaban J connectivity index is 1.77. The second kappa shape index (κ2) is 5.05. The van der Waals surface area contributed by atoms with Gasteiger partial charge in [-0.25, -0.2) is 0 Å². The summed E-state index contributed by atoms with van der Waals surface area (Å²) in [5.41, 5.74) is 0.562. The first-order valence-corrected chi connectivity index (χ1v) is 6.97. The van der Waals surface area contributed by atoms with E-state index in [0.29, 0.717) is 17.6 Å². The molecule has 94 valence electrons. The maximum atomic E-state index is 5.72. The van der Waals surface area contributed by atoms with E-state index in [9.17, 15) is 0 Å². The summed E-state index contributed by atoms with van der Waals surface area (Å²) in [6, 6.07) is 1.47. The van der Waals surface area contributed by atoms with Crippen LogP contribution < -0.4 is 5.32 Å². The van der Waals surface area contributed by atoms with Crippen LogP contribution in [0.25, 0.3) is 0 Å². The maximum Gasteiger partial charge on any atom is 0.0587 e. The SMILES string of the molecule is CCC1CC(NC2CCC(C)(C)C2)CCO1. The van der Waals surface area contributed by atoms with Gasteiger partial charge in [-0.1, -0.05) is 20.8 Å². The zero-order valence-corrected chi connectivity index (χ0v) is 11.1. The van der Waals surface area contributed by atoms with Gasteiger partial charge < -0.3 is 10.1 Å². The van der Waals surface area contributed by atoms with Gasteiger partial charge in [-0.05, 0) is 43.9 Å². The van der Waals surface area contributed by atoms with Gasteiger partial charge in [0.25, 0.3) is 0 Å². The molecule has 0 aromatic rings. The Morgan fingerprint density at radius 3 is 2.69 bits per heavy atom. The standard InChI is InChI=1S/C14H27NO/c1-4-13-9-11(6-8-16-13)15-12-5-7-14(2,3)10-12/h11-13,15H,4-10H2,1-3H3. The highest BCUT2D eigenvalue weighted by Gasteiger charge is 2.32. The Morgan fingerprint density at radius 2 is 2.06 bits per heavy atom. The summed E-state index contributed by atoms with van der Waals surface area (Å²) in [4.78, 5) is 0. The molecule has 1 aliphatic heterocycles. The van der Waals surface area contributed by atoms with Crippen molar-refractivity contribution in [2.45, 2.75) is 77.5 Å². The third kappa shape index (κ3) is 3.21. The zero-order chi connectivity index (χ0) is 11.6. The van der Waals surface area contributed by atoms with Crippen molar-refractivity contribution < 1.29 is 4.74 Å². The predicted molar refractivity (Wildman–Crippen MR) is 67.6 cm³/mol. The second-order valence-corrected chi connectivity index (χ2v) is 6.39. The van der Waals surface area contributed by atoms with Crippen molar-refractivity contribution in [3.63, 3.8) is 0 Å². The summed E-state index contributed by atoms with van der Waals surface area (Å²) in [5, 5.41) is 3.86. The van der Waals surface area contributed by atoms with Gasteiger partial charge in [-0.3, -0.25) is 0 Å². The molecule has 2 aliphatic rings. The Hall–Kier alpha value is -0.0800. The zero-order valence-electron chi connectivity index (χ0n) is 11.1. The molecule has 0 aromatic heterocycles. The van der Waals surface area contributed by atoms with Crippen LogP contribution in [0, 0.1) is 5.41 Å². The van der Waals surface area contributed by atoms with Crippen molar-refractivity contribution in [2.75, 3.05) is 6.61 Å². The average Bonchev–Trinajstić information content (AvgIpc) is 2.58. The molecule has 0 radical (unpaired) electrons. The first-order valence-electron chi connectivity index (χ1n) is 6.97. The smallest absolute Gasteiger partial charge is 0.0587 e. The summed E-state index contributed by atoms with van der Waals surface area (Å²) in [6.07, 6.45) is 8.17. The van der Waals surface area contributed by atoms with Crippen LogP contribution in [0.2, 0.25) is 0 Å². The topological polar surface area (TPSA) is 21.3 Å².